The second kappa shape index (κ2) is 7.55. The van der Waals surface area contributed by atoms with E-state index in [1.807, 2.05) is 24.2 Å². The first-order valence-electron chi connectivity index (χ1n) is 6.46. The molecule has 22 heavy (non-hydrogen) atoms. The lowest BCUT2D eigenvalue weighted by Gasteiger charge is -2.18. The van der Waals surface area contributed by atoms with Gasteiger partial charge in [0.05, 0.1) is 24.4 Å². The summed E-state index contributed by atoms with van der Waals surface area (Å²) in [6.45, 7) is -1.76. The lowest BCUT2D eigenvalue weighted by atomic mass is 10.2. The van der Waals surface area contributed by atoms with Crippen LogP contribution >= 0.6 is 15.9 Å². The Balaban J connectivity index is 2.05. The van der Waals surface area contributed by atoms with Gasteiger partial charge in [-0.05, 0) is 40.7 Å². The van der Waals surface area contributed by atoms with Crippen LogP contribution in [0.2, 0.25) is 0 Å². The minimum Gasteiger partial charge on any atom is -0.493 e. The zero-order chi connectivity index (χ0) is 16.1. The van der Waals surface area contributed by atoms with Gasteiger partial charge >= 0.3 is 6.61 Å². The molecule has 1 aromatic heterocycles. The molecule has 2 aromatic rings. The van der Waals surface area contributed by atoms with Crippen LogP contribution in [0.5, 0.6) is 11.5 Å². The zero-order valence-electron chi connectivity index (χ0n) is 12.2. The normalized spacial score (nSPS) is 11.2. The van der Waals surface area contributed by atoms with Crippen LogP contribution in [-0.2, 0) is 13.2 Å². The summed E-state index contributed by atoms with van der Waals surface area (Å²) >= 11 is 3.33. The summed E-state index contributed by atoms with van der Waals surface area (Å²) in [6.07, 6.45) is 3.56. The Bertz CT molecular complexity index is 622. The van der Waals surface area contributed by atoms with Gasteiger partial charge in [0.25, 0.3) is 0 Å². The van der Waals surface area contributed by atoms with Crippen molar-refractivity contribution in [2.75, 3.05) is 14.2 Å². The van der Waals surface area contributed by atoms with Gasteiger partial charge in [0.2, 0.25) is 0 Å². The van der Waals surface area contributed by atoms with Gasteiger partial charge in [0, 0.05) is 12.7 Å². The van der Waals surface area contributed by atoms with Crippen molar-refractivity contribution in [1.82, 2.24) is 14.7 Å². The molecule has 0 amide bonds. The number of hydrogen-bond donors (Lipinski definition) is 0. The number of methoxy groups -OCH3 is 1. The first-order valence-corrected chi connectivity index (χ1v) is 7.25. The molecule has 0 saturated carbocycles. The van der Waals surface area contributed by atoms with Crippen molar-refractivity contribution in [2.45, 2.75) is 19.8 Å². The molecule has 0 fully saturated rings. The Morgan fingerprint density at radius 3 is 2.73 bits per heavy atom. The lowest BCUT2D eigenvalue weighted by molar-refractivity contribution is -0.0512. The Morgan fingerprint density at radius 1 is 1.36 bits per heavy atom. The van der Waals surface area contributed by atoms with Gasteiger partial charge in [-0.25, -0.2) is 0 Å². The van der Waals surface area contributed by atoms with Gasteiger partial charge in [-0.2, -0.15) is 13.9 Å². The van der Waals surface area contributed by atoms with Crippen molar-refractivity contribution < 1.29 is 18.3 Å². The van der Waals surface area contributed by atoms with Gasteiger partial charge in [-0.1, -0.05) is 6.07 Å². The highest BCUT2D eigenvalue weighted by Crippen LogP contribution is 2.29. The van der Waals surface area contributed by atoms with Crippen molar-refractivity contribution >= 4 is 15.9 Å². The molecule has 0 aliphatic rings. The molecular weight excluding hydrogens is 360 g/mol. The second-order valence-electron chi connectivity index (χ2n) is 4.72. The average molecular weight is 376 g/mol. The Morgan fingerprint density at radius 2 is 2.14 bits per heavy atom. The number of hydrogen-bond acceptors (Lipinski definition) is 4. The zero-order valence-corrected chi connectivity index (χ0v) is 13.8. The van der Waals surface area contributed by atoms with Crippen LogP contribution in [0.1, 0.15) is 5.56 Å². The molecule has 2 rings (SSSR count). The van der Waals surface area contributed by atoms with Gasteiger partial charge in [0.1, 0.15) is 0 Å². The SMILES string of the molecule is COc1ccc(CN(C)Cn2cc(Br)cn2)cc1OC(F)F. The summed E-state index contributed by atoms with van der Waals surface area (Å²) in [4.78, 5) is 1.99. The summed E-state index contributed by atoms with van der Waals surface area (Å²) in [5, 5.41) is 4.17. The number of ether oxygens (including phenoxy) is 2. The van der Waals surface area contributed by atoms with Gasteiger partial charge in [-0.3, -0.25) is 9.58 Å². The van der Waals surface area contributed by atoms with Crippen LogP contribution in [0.15, 0.2) is 35.1 Å². The van der Waals surface area contributed by atoms with Crippen LogP contribution in [0.4, 0.5) is 8.78 Å². The molecule has 0 N–H and O–H groups in total. The van der Waals surface area contributed by atoms with Crippen molar-refractivity contribution in [1.29, 1.82) is 0 Å². The molecule has 0 aliphatic heterocycles. The van der Waals surface area contributed by atoms with Crippen molar-refractivity contribution in [2.24, 2.45) is 0 Å². The quantitative estimate of drug-likeness (QED) is 0.743. The van der Waals surface area contributed by atoms with E-state index in [-0.39, 0.29) is 11.5 Å². The molecule has 5 nitrogen and oxygen atoms in total. The number of alkyl halides is 2. The predicted molar refractivity (Wildman–Crippen MR) is 81.0 cm³/mol. The maximum atomic E-state index is 12.4. The molecule has 0 atom stereocenters. The van der Waals surface area contributed by atoms with Crippen LogP contribution in [0.25, 0.3) is 0 Å². The predicted octanol–water partition coefficient (Wildman–Crippen LogP) is 3.35. The van der Waals surface area contributed by atoms with E-state index in [9.17, 15) is 8.78 Å². The highest BCUT2D eigenvalue weighted by Gasteiger charge is 2.12. The van der Waals surface area contributed by atoms with E-state index in [0.717, 1.165) is 10.0 Å². The largest absolute Gasteiger partial charge is 0.493 e. The number of benzene rings is 1. The molecule has 0 saturated heterocycles. The van der Waals surface area contributed by atoms with Gasteiger partial charge in [0.15, 0.2) is 11.5 Å². The van der Waals surface area contributed by atoms with E-state index in [4.69, 9.17) is 4.74 Å². The molecular formula is C14H16BrF2N3O2. The molecule has 0 radical (unpaired) electrons. The van der Waals surface area contributed by atoms with E-state index in [1.54, 1.807) is 23.0 Å². The summed E-state index contributed by atoms with van der Waals surface area (Å²) < 4.78 is 37.0. The summed E-state index contributed by atoms with van der Waals surface area (Å²) in [5.41, 5.74) is 0.838. The first kappa shape index (κ1) is 16.7. The maximum Gasteiger partial charge on any atom is 0.387 e. The Hall–Kier alpha value is -1.67. The highest BCUT2D eigenvalue weighted by atomic mass is 79.9. The molecule has 8 heteroatoms. The number of aromatic nitrogens is 2. The van der Waals surface area contributed by atoms with Crippen LogP contribution in [0.3, 0.4) is 0 Å². The lowest BCUT2D eigenvalue weighted by Crippen LogP contribution is -2.21. The number of rotatable bonds is 7. The third-order valence-corrected chi connectivity index (χ3v) is 3.29. The molecule has 1 aromatic carbocycles. The third kappa shape index (κ3) is 4.67. The minimum atomic E-state index is -2.89. The van der Waals surface area contributed by atoms with E-state index in [2.05, 4.69) is 25.8 Å². The first-order chi connectivity index (χ1) is 10.5. The van der Waals surface area contributed by atoms with Crippen molar-refractivity contribution in [3.8, 4) is 11.5 Å². The standard InChI is InChI=1S/C14H16BrF2N3O2/c1-19(9-20-8-11(15)6-18-20)7-10-3-4-12(21-2)13(5-10)22-14(16)17/h3-6,8,14H,7,9H2,1-2H3. The Labute approximate surface area is 135 Å². The molecule has 0 aliphatic carbocycles. The Kier molecular flexibility index (Phi) is 5.73. The summed E-state index contributed by atoms with van der Waals surface area (Å²) in [7, 11) is 3.32. The molecule has 0 bridgehead atoms. The molecule has 1 heterocycles. The second-order valence-corrected chi connectivity index (χ2v) is 5.63. The number of halogens is 3. The third-order valence-electron chi connectivity index (χ3n) is 2.88. The van der Waals surface area contributed by atoms with Crippen LogP contribution in [-0.4, -0.2) is 35.4 Å². The minimum absolute atomic E-state index is 0.0326. The molecule has 120 valence electrons. The monoisotopic (exact) mass is 375 g/mol. The van der Waals surface area contributed by atoms with E-state index >= 15 is 0 Å². The van der Waals surface area contributed by atoms with Gasteiger partial charge in [-0.15, -0.1) is 0 Å². The smallest absolute Gasteiger partial charge is 0.387 e. The molecule has 0 unspecified atom stereocenters. The van der Waals surface area contributed by atoms with E-state index < -0.39 is 6.61 Å². The van der Waals surface area contributed by atoms with Crippen molar-refractivity contribution in [3.05, 3.63) is 40.6 Å². The topological polar surface area (TPSA) is 39.5 Å². The average Bonchev–Trinajstić information content (AvgIpc) is 2.83. The fourth-order valence-electron chi connectivity index (χ4n) is 2.03. The highest BCUT2D eigenvalue weighted by molar-refractivity contribution is 9.10. The van der Waals surface area contributed by atoms with E-state index in [0.29, 0.717) is 13.2 Å². The van der Waals surface area contributed by atoms with Gasteiger partial charge < -0.3 is 9.47 Å². The maximum absolute atomic E-state index is 12.4. The number of nitrogens with zero attached hydrogens (tertiary/aromatic N) is 3. The molecule has 0 spiro atoms. The van der Waals surface area contributed by atoms with Crippen LogP contribution in [0, 0.1) is 0 Å². The van der Waals surface area contributed by atoms with Crippen LogP contribution < -0.4 is 9.47 Å². The summed E-state index contributed by atoms with van der Waals surface area (Å²) in [5.74, 6) is 0.313. The van der Waals surface area contributed by atoms with Crippen molar-refractivity contribution in [3.63, 3.8) is 0 Å². The van der Waals surface area contributed by atoms with E-state index in [1.165, 1.54) is 7.11 Å². The fourth-order valence-corrected chi connectivity index (χ4v) is 2.36. The fraction of sp³-hybridized carbons (Fsp3) is 0.357. The summed E-state index contributed by atoms with van der Waals surface area (Å²) in [6, 6.07) is 4.98.